The largest absolute Gasteiger partial charge is 0.479 e. The van der Waals surface area contributed by atoms with Crippen molar-refractivity contribution in [3.8, 4) is 5.75 Å². The third kappa shape index (κ3) is 6.18. The number of hydrogen-bond acceptors (Lipinski definition) is 6. The van der Waals surface area contributed by atoms with Gasteiger partial charge in [0.15, 0.2) is 12.7 Å². The van der Waals surface area contributed by atoms with Crippen LogP contribution in [0.4, 0.5) is 15.8 Å². The zero-order valence-electron chi connectivity index (χ0n) is 16.1. The number of anilines is 2. The van der Waals surface area contributed by atoms with Crippen molar-refractivity contribution < 1.29 is 28.2 Å². The second-order valence-electron chi connectivity index (χ2n) is 6.52. The molecule has 0 aromatic heterocycles. The first-order valence-electron chi connectivity index (χ1n) is 9.33. The van der Waals surface area contributed by atoms with Crippen molar-refractivity contribution in [2.45, 2.75) is 13.0 Å². The fourth-order valence-corrected chi connectivity index (χ4v) is 2.79. The van der Waals surface area contributed by atoms with Gasteiger partial charge in [-0.1, -0.05) is 0 Å². The van der Waals surface area contributed by atoms with Gasteiger partial charge >= 0.3 is 5.97 Å². The van der Waals surface area contributed by atoms with Gasteiger partial charge in [0.05, 0.1) is 13.2 Å². The smallest absolute Gasteiger partial charge is 0.347 e. The van der Waals surface area contributed by atoms with E-state index in [0.717, 1.165) is 18.8 Å². The van der Waals surface area contributed by atoms with E-state index in [9.17, 15) is 14.0 Å². The number of morpholine rings is 1. The summed E-state index contributed by atoms with van der Waals surface area (Å²) >= 11 is 0. The van der Waals surface area contributed by atoms with Crippen molar-refractivity contribution in [1.82, 2.24) is 0 Å². The van der Waals surface area contributed by atoms with Crippen molar-refractivity contribution in [2.75, 3.05) is 43.1 Å². The summed E-state index contributed by atoms with van der Waals surface area (Å²) in [6.45, 7) is 4.13. The van der Waals surface area contributed by atoms with E-state index >= 15 is 0 Å². The Kier molecular flexibility index (Phi) is 7.02. The van der Waals surface area contributed by atoms with E-state index in [1.165, 1.54) is 31.2 Å². The molecule has 0 saturated carbocycles. The van der Waals surface area contributed by atoms with E-state index in [1.807, 2.05) is 12.1 Å². The van der Waals surface area contributed by atoms with Crippen LogP contribution in [0, 0.1) is 5.82 Å². The Hall–Kier alpha value is -3.13. The molecular formula is C21H23FN2O5. The van der Waals surface area contributed by atoms with Gasteiger partial charge in [0.25, 0.3) is 5.91 Å². The third-order valence-electron chi connectivity index (χ3n) is 4.33. The molecule has 2 aromatic rings. The Morgan fingerprint density at radius 3 is 2.41 bits per heavy atom. The zero-order chi connectivity index (χ0) is 20.6. The standard InChI is InChI=1S/C21H23FN2O5/c1-15(29-19-8-2-16(22)3-9-19)21(26)28-14-20(25)23-17-4-6-18(7-5-17)24-10-12-27-13-11-24/h2-9,15H,10-14H2,1H3,(H,23,25)/t15-/m0/s1. The van der Waals surface area contributed by atoms with Gasteiger partial charge in [0, 0.05) is 24.5 Å². The van der Waals surface area contributed by atoms with Gasteiger partial charge in [-0.15, -0.1) is 0 Å². The van der Waals surface area contributed by atoms with E-state index in [0.29, 0.717) is 24.7 Å². The second-order valence-corrected chi connectivity index (χ2v) is 6.52. The van der Waals surface area contributed by atoms with Gasteiger partial charge in [0.1, 0.15) is 11.6 Å². The van der Waals surface area contributed by atoms with Crippen molar-refractivity contribution >= 4 is 23.3 Å². The van der Waals surface area contributed by atoms with Gasteiger partial charge in [-0.05, 0) is 55.5 Å². The maximum absolute atomic E-state index is 12.9. The molecule has 2 aromatic carbocycles. The van der Waals surface area contributed by atoms with Gasteiger partial charge in [-0.25, -0.2) is 9.18 Å². The number of carbonyl (C=O) groups is 2. The first-order valence-corrected chi connectivity index (χ1v) is 9.33. The first-order chi connectivity index (χ1) is 14.0. The Bertz CT molecular complexity index is 820. The molecule has 154 valence electrons. The zero-order valence-corrected chi connectivity index (χ0v) is 16.1. The molecule has 0 aliphatic carbocycles. The average molecular weight is 402 g/mol. The summed E-state index contributed by atoms with van der Waals surface area (Å²) in [6, 6.07) is 12.7. The highest BCUT2D eigenvalue weighted by Gasteiger charge is 2.18. The average Bonchev–Trinajstić information content (AvgIpc) is 2.75. The molecule has 0 bridgehead atoms. The summed E-state index contributed by atoms with van der Waals surface area (Å²) in [5.41, 5.74) is 1.67. The first kappa shape index (κ1) is 20.6. The van der Waals surface area contributed by atoms with E-state index < -0.39 is 30.4 Å². The summed E-state index contributed by atoms with van der Waals surface area (Å²) in [7, 11) is 0. The second kappa shape index (κ2) is 9.88. The number of hydrogen-bond donors (Lipinski definition) is 1. The van der Waals surface area contributed by atoms with Crippen LogP contribution in [-0.4, -0.2) is 50.9 Å². The molecule has 7 nitrogen and oxygen atoms in total. The molecule has 0 radical (unpaired) electrons. The molecule has 1 saturated heterocycles. The lowest BCUT2D eigenvalue weighted by Crippen LogP contribution is -2.36. The van der Waals surface area contributed by atoms with Crippen LogP contribution in [0.5, 0.6) is 5.75 Å². The highest BCUT2D eigenvalue weighted by atomic mass is 19.1. The summed E-state index contributed by atoms with van der Waals surface area (Å²) < 4.78 is 28.6. The van der Waals surface area contributed by atoms with E-state index in [4.69, 9.17) is 14.2 Å². The lowest BCUT2D eigenvalue weighted by molar-refractivity contribution is -0.153. The highest BCUT2D eigenvalue weighted by Crippen LogP contribution is 2.19. The van der Waals surface area contributed by atoms with Crippen LogP contribution in [-0.2, 0) is 19.1 Å². The molecule has 8 heteroatoms. The van der Waals surface area contributed by atoms with Crippen LogP contribution in [0.2, 0.25) is 0 Å². The van der Waals surface area contributed by atoms with Gasteiger partial charge in [-0.3, -0.25) is 4.79 Å². The van der Waals surface area contributed by atoms with Gasteiger partial charge in [-0.2, -0.15) is 0 Å². The minimum atomic E-state index is -0.930. The van der Waals surface area contributed by atoms with Crippen molar-refractivity contribution in [3.05, 3.63) is 54.3 Å². The SMILES string of the molecule is C[C@H](Oc1ccc(F)cc1)C(=O)OCC(=O)Nc1ccc(N2CCOCC2)cc1. The quantitative estimate of drug-likeness (QED) is 0.718. The van der Waals surface area contributed by atoms with Crippen molar-refractivity contribution in [1.29, 1.82) is 0 Å². The minimum absolute atomic E-state index is 0.334. The van der Waals surface area contributed by atoms with Gasteiger partial charge in [0.2, 0.25) is 0 Å². The normalized spacial score (nSPS) is 14.8. The topological polar surface area (TPSA) is 77.1 Å². The molecule has 0 unspecified atom stereocenters. The monoisotopic (exact) mass is 402 g/mol. The number of carbonyl (C=O) groups excluding carboxylic acids is 2. The van der Waals surface area contributed by atoms with E-state index in [2.05, 4.69) is 10.2 Å². The number of rotatable bonds is 7. The van der Waals surface area contributed by atoms with Gasteiger partial charge < -0.3 is 24.4 Å². The minimum Gasteiger partial charge on any atom is -0.479 e. The Labute approximate surface area is 168 Å². The van der Waals surface area contributed by atoms with Crippen LogP contribution >= 0.6 is 0 Å². The van der Waals surface area contributed by atoms with Crippen LogP contribution in [0.3, 0.4) is 0 Å². The number of ether oxygens (including phenoxy) is 3. The number of nitrogens with one attached hydrogen (secondary N) is 1. The van der Waals surface area contributed by atoms with Crippen molar-refractivity contribution in [3.63, 3.8) is 0 Å². The summed E-state index contributed by atoms with van der Waals surface area (Å²) in [5.74, 6) is -1.21. The number of nitrogens with zero attached hydrogens (tertiary/aromatic N) is 1. The summed E-state index contributed by atoms with van der Waals surface area (Å²) in [5, 5.41) is 2.68. The van der Waals surface area contributed by atoms with E-state index in [-0.39, 0.29) is 0 Å². The third-order valence-corrected chi connectivity index (χ3v) is 4.33. The number of halogens is 1. The predicted octanol–water partition coefficient (Wildman–Crippen LogP) is 2.61. The maximum atomic E-state index is 12.9. The molecular weight excluding hydrogens is 379 g/mol. The van der Waals surface area contributed by atoms with Crippen LogP contribution in [0.25, 0.3) is 0 Å². The van der Waals surface area contributed by atoms with Crippen LogP contribution in [0.1, 0.15) is 6.92 Å². The number of benzene rings is 2. The Morgan fingerprint density at radius 2 is 1.76 bits per heavy atom. The molecule has 1 atom stereocenters. The molecule has 1 heterocycles. The maximum Gasteiger partial charge on any atom is 0.347 e. The lowest BCUT2D eigenvalue weighted by atomic mass is 10.2. The molecule has 1 fully saturated rings. The number of amides is 1. The Balaban J connectivity index is 1.42. The Morgan fingerprint density at radius 1 is 1.10 bits per heavy atom. The molecule has 1 aliphatic heterocycles. The molecule has 3 rings (SSSR count). The molecule has 1 aliphatic rings. The number of esters is 1. The molecule has 1 amide bonds. The van der Waals surface area contributed by atoms with E-state index in [1.54, 1.807) is 12.1 Å². The lowest BCUT2D eigenvalue weighted by Gasteiger charge is -2.28. The molecule has 0 spiro atoms. The fraction of sp³-hybridized carbons (Fsp3) is 0.333. The molecule has 29 heavy (non-hydrogen) atoms. The van der Waals surface area contributed by atoms with Crippen LogP contribution < -0.4 is 15.0 Å². The fourth-order valence-electron chi connectivity index (χ4n) is 2.79. The van der Waals surface area contributed by atoms with Crippen LogP contribution in [0.15, 0.2) is 48.5 Å². The summed E-state index contributed by atoms with van der Waals surface area (Å²) in [4.78, 5) is 26.2. The highest BCUT2D eigenvalue weighted by molar-refractivity contribution is 5.93. The van der Waals surface area contributed by atoms with Crippen molar-refractivity contribution in [2.24, 2.45) is 0 Å². The molecule has 1 N–H and O–H groups in total. The summed E-state index contributed by atoms with van der Waals surface area (Å²) in [6.07, 6.45) is -0.930. The predicted molar refractivity (Wildman–Crippen MR) is 106 cm³/mol.